The van der Waals surface area contributed by atoms with E-state index in [1.54, 1.807) is 10.5 Å². The van der Waals surface area contributed by atoms with Gasteiger partial charge in [-0.15, -0.1) is 0 Å². The molecule has 0 aliphatic carbocycles. The van der Waals surface area contributed by atoms with Gasteiger partial charge >= 0.3 is 0 Å². The lowest BCUT2D eigenvalue weighted by Crippen LogP contribution is -2.26. The molecule has 0 saturated carbocycles. The minimum Gasteiger partial charge on any atom is -0.494 e. The van der Waals surface area contributed by atoms with Gasteiger partial charge in [0.25, 0.3) is 0 Å². The highest BCUT2D eigenvalue weighted by molar-refractivity contribution is 5.60. The lowest BCUT2D eigenvalue weighted by atomic mass is 10.1. The third kappa shape index (κ3) is 2.20. The minimum atomic E-state index is -0.286. The molecule has 0 saturated heterocycles. The molecule has 3 nitrogen and oxygen atoms in total. The average Bonchev–Trinajstić information content (AvgIpc) is 2.80. The molecule has 2 rings (SSSR count). The number of ether oxygens (including phenoxy) is 1. The summed E-state index contributed by atoms with van der Waals surface area (Å²) >= 11 is 0. The van der Waals surface area contributed by atoms with Crippen molar-refractivity contribution in [1.82, 2.24) is 9.72 Å². The van der Waals surface area contributed by atoms with E-state index in [0.29, 0.717) is 17.3 Å². The van der Waals surface area contributed by atoms with E-state index in [1.165, 1.54) is 7.11 Å². The number of methoxy groups -OCH3 is 1. The quantitative estimate of drug-likeness (QED) is 0.882. The van der Waals surface area contributed by atoms with Crippen LogP contribution in [0.5, 0.6) is 5.75 Å². The lowest BCUT2D eigenvalue weighted by molar-refractivity contribution is 0.387. The molecule has 0 amide bonds. The van der Waals surface area contributed by atoms with Crippen molar-refractivity contribution in [2.45, 2.75) is 25.8 Å². The summed E-state index contributed by atoms with van der Waals surface area (Å²) in [4.78, 5) is 0. The van der Waals surface area contributed by atoms with Crippen LogP contribution in [0.2, 0.25) is 0 Å². The van der Waals surface area contributed by atoms with Crippen LogP contribution in [0.15, 0.2) is 24.5 Å². The van der Waals surface area contributed by atoms with Crippen molar-refractivity contribution >= 4 is 5.52 Å². The molecule has 0 fully saturated rings. The lowest BCUT2D eigenvalue weighted by Gasteiger charge is -2.13. The second-order valence-corrected chi connectivity index (χ2v) is 4.39. The monoisotopic (exact) mass is 250 g/mol. The highest BCUT2D eigenvalue weighted by Crippen LogP contribution is 2.25. The van der Waals surface area contributed by atoms with Gasteiger partial charge in [-0.05, 0) is 37.6 Å². The molecule has 2 aromatic heterocycles. The first kappa shape index (κ1) is 12.9. The molecular formula is C14H19FN2O. The van der Waals surface area contributed by atoms with E-state index in [1.807, 2.05) is 25.5 Å². The minimum absolute atomic E-state index is 0.286. The third-order valence-corrected chi connectivity index (χ3v) is 3.40. The fourth-order valence-electron chi connectivity index (χ4n) is 2.24. The molecule has 98 valence electrons. The summed E-state index contributed by atoms with van der Waals surface area (Å²) in [7, 11) is 3.42. The molecule has 0 aliphatic heterocycles. The van der Waals surface area contributed by atoms with E-state index >= 15 is 0 Å². The Hall–Kier alpha value is -1.55. The number of fused-ring (bicyclic) bond motifs is 1. The van der Waals surface area contributed by atoms with E-state index in [2.05, 4.69) is 12.2 Å². The molecule has 18 heavy (non-hydrogen) atoms. The maximum Gasteiger partial charge on any atom is 0.189 e. The van der Waals surface area contributed by atoms with Crippen LogP contribution in [0, 0.1) is 5.82 Å². The summed E-state index contributed by atoms with van der Waals surface area (Å²) in [5.74, 6) is 0.00547. The van der Waals surface area contributed by atoms with Crippen molar-refractivity contribution in [3.05, 3.63) is 35.9 Å². The molecule has 4 heteroatoms. The first-order chi connectivity index (χ1) is 8.71. The summed E-state index contributed by atoms with van der Waals surface area (Å²) in [6.45, 7) is 2.12. The number of rotatable bonds is 5. The summed E-state index contributed by atoms with van der Waals surface area (Å²) in [6.07, 6.45) is 5.53. The van der Waals surface area contributed by atoms with Crippen LogP contribution < -0.4 is 10.1 Å². The van der Waals surface area contributed by atoms with Gasteiger partial charge in [-0.2, -0.15) is 0 Å². The molecule has 1 N–H and O–H groups in total. The third-order valence-electron chi connectivity index (χ3n) is 3.40. The number of hydrogen-bond donors (Lipinski definition) is 1. The molecule has 0 radical (unpaired) electrons. The van der Waals surface area contributed by atoms with Crippen LogP contribution in [0.3, 0.4) is 0 Å². The first-order valence-corrected chi connectivity index (χ1v) is 6.20. The van der Waals surface area contributed by atoms with Crippen molar-refractivity contribution in [2.24, 2.45) is 0 Å². The fourth-order valence-corrected chi connectivity index (χ4v) is 2.24. The van der Waals surface area contributed by atoms with Crippen LogP contribution in [0.4, 0.5) is 4.39 Å². The van der Waals surface area contributed by atoms with E-state index in [0.717, 1.165) is 18.4 Å². The van der Waals surface area contributed by atoms with Crippen LogP contribution in [-0.2, 0) is 6.42 Å². The summed E-state index contributed by atoms with van der Waals surface area (Å²) in [5, 5.41) is 3.24. The van der Waals surface area contributed by atoms with Crippen LogP contribution in [0.1, 0.15) is 18.9 Å². The Morgan fingerprint density at radius 2 is 2.11 bits per heavy atom. The number of hydrogen-bond acceptors (Lipinski definition) is 2. The van der Waals surface area contributed by atoms with Crippen LogP contribution in [0.25, 0.3) is 5.52 Å². The topological polar surface area (TPSA) is 25.7 Å². The smallest absolute Gasteiger partial charge is 0.189 e. The number of likely N-dealkylation sites (N-methyl/N-ethyl adjacent to an activating group) is 1. The molecule has 1 unspecified atom stereocenters. The average molecular weight is 250 g/mol. The van der Waals surface area contributed by atoms with Gasteiger partial charge in [0.1, 0.15) is 0 Å². The zero-order chi connectivity index (χ0) is 13.1. The van der Waals surface area contributed by atoms with Gasteiger partial charge in [-0.3, -0.25) is 0 Å². The molecular weight excluding hydrogens is 231 g/mol. The molecule has 2 heterocycles. The number of nitrogens with one attached hydrogen (secondary N) is 1. The second-order valence-electron chi connectivity index (χ2n) is 4.39. The van der Waals surface area contributed by atoms with E-state index in [4.69, 9.17) is 4.74 Å². The van der Waals surface area contributed by atoms with Crippen molar-refractivity contribution in [3.63, 3.8) is 0 Å². The SMILES string of the molecule is CCC(Cc1ccn2ccc(OC)c(F)c12)NC. The number of nitrogens with zero attached hydrogens (tertiary/aromatic N) is 1. The van der Waals surface area contributed by atoms with Crippen molar-refractivity contribution in [2.75, 3.05) is 14.2 Å². The predicted octanol–water partition coefficient (Wildman–Crippen LogP) is 2.63. The van der Waals surface area contributed by atoms with Gasteiger partial charge < -0.3 is 14.5 Å². The Morgan fingerprint density at radius 3 is 2.72 bits per heavy atom. The van der Waals surface area contributed by atoms with Gasteiger partial charge in [0.2, 0.25) is 0 Å². The van der Waals surface area contributed by atoms with Gasteiger partial charge in [-0.1, -0.05) is 6.92 Å². The van der Waals surface area contributed by atoms with Gasteiger partial charge in [-0.25, -0.2) is 4.39 Å². The second kappa shape index (κ2) is 5.40. The Kier molecular flexibility index (Phi) is 3.87. The molecule has 0 spiro atoms. The molecule has 0 bridgehead atoms. The normalized spacial score (nSPS) is 12.9. The van der Waals surface area contributed by atoms with Crippen molar-refractivity contribution in [3.8, 4) is 5.75 Å². The number of pyridine rings is 1. The Balaban J connectivity index is 2.45. The van der Waals surface area contributed by atoms with Gasteiger partial charge in [0.05, 0.1) is 12.6 Å². The standard InChI is InChI=1S/C14H19FN2O/c1-4-11(16-2)9-10-5-7-17-8-6-12(18-3)13(15)14(10)17/h5-8,11,16H,4,9H2,1-3H3. The number of halogens is 1. The van der Waals surface area contributed by atoms with Crippen LogP contribution >= 0.6 is 0 Å². The fraction of sp³-hybridized carbons (Fsp3) is 0.429. The molecule has 2 aromatic rings. The zero-order valence-electron chi connectivity index (χ0n) is 11.0. The molecule has 0 aromatic carbocycles. The van der Waals surface area contributed by atoms with E-state index in [9.17, 15) is 4.39 Å². The first-order valence-electron chi connectivity index (χ1n) is 6.20. The number of aromatic nitrogens is 1. The summed E-state index contributed by atoms with van der Waals surface area (Å²) in [5.41, 5.74) is 1.62. The highest BCUT2D eigenvalue weighted by atomic mass is 19.1. The highest BCUT2D eigenvalue weighted by Gasteiger charge is 2.15. The molecule has 1 atom stereocenters. The Bertz CT molecular complexity index is 532. The maximum absolute atomic E-state index is 14.3. The maximum atomic E-state index is 14.3. The molecule has 0 aliphatic rings. The van der Waals surface area contributed by atoms with Crippen molar-refractivity contribution in [1.29, 1.82) is 0 Å². The Labute approximate surface area is 107 Å². The van der Waals surface area contributed by atoms with Crippen molar-refractivity contribution < 1.29 is 9.13 Å². The van der Waals surface area contributed by atoms with E-state index < -0.39 is 0 Å². The summed E-state index contributed by atoms with van der Waals surface area (Å²) in [6, 6.07) is 3.97. The Morgan fingerprint density at radius 1 is 1.39 bits per heavy atom. The largest absolute Gasteiger partial charge is 0.494 e. The van der Waals surface area contributed by atoms with Gasteiger partial charge in [0.15, 0.2) is 11.6 Å². The van der Waals surface area contributed by atoms with Crippen LogP contribution in [-0.4, -0.2) is 24.6 Å². The summed E-state index contributed by atoms with van der Waals surface area (Å²) < 4.78 is 21.1. The zero-order valence-corrected chi connectivity index (χ0v) is 11.0. The van der Waals surface area contributed by atoms with Gasteiger partial charge in [0, 0.05) is 18.4 Å². The predicted molar refractivity (Wildman–Crippen MR) is 70.7 cm³/mol. The van der Waals surface area contributed by atoms with E-state index in [-0.39, 0.29) is 5.82 Å².